The predicted molar refractivity (Wildman–Crippen MR) is 326 cm³/mol. The lowest BCUT2D eigenvalue weighted by Gasteiger charge is -2.50. The summed E-state index contributed by atoms with van der Waals surface area (Å²) < 4.78 is 31.1. The number of nitriles is 2. The Bertz CT molecular complexity index is 2090. The van der Waals surface area contributed by atoms with Gasteiger partial charge < -0.3 is 76.0 Å². The molecule has 4 aliphatic heterocycles. The van der Waals surface area contributed by atoms with Crippen molar-refractivity contribution in [3.63, 3.8) is 0 Å². The van der Waals surface area contributed by atoms with Gasteiger partial charge in [-0.15, -0.1) is 0 Å². The molecule has 470 valence electrons. The summed E-state index contributed by atoms with van der Waals surface area (Å²) in [5, 5.41) is 49.3. The summed E-state index contributed by atoms with van der Waals surface area (Å²) in [5.41, 5.74) is 0. The Morgan fingerprint density at radius 2 is 1.08 bits per heavy atom. The van der Waals surface area contributed by atoms with Gasteiger partial charge in [0.1, 0.15) is 0 Å². The maximum absolute atomic E-state index is 12.8. The highest BCUT2D eigenvalue weighted by Gasteiger charge is 2.50. The van der Waals surface area contributed by atoms with E-state index in [0.717, 1.165) is 97.1 Å². The van der Waals surface area contributed by atoms with Crippen LogP contribution < -0.4 is 42.5 Å². The zero-order valence-corrected chi connectivity index (χ0v) is 52.6. The maximum atomic E-state index is 12.8. The number of nitrogens with zero attached hydrogens (tertiary/aromatic N) is 4. The van der Waals surface area contributed by atoms with Crippen LogP contribution >= 0.6 is 0 Å². The van der Waals surface area contributed by atoms with E-state index in [9.17, 15) is 20.1 Å². The highest BCUT2D eigenvalue weighted by Crippen LogP contribution is 2.39. The lowest BCUT2D eigenvalue weighted by molar-refractivity contribution is -0.120. The molecule has 22 atom stereocenters. The second-order valence-electron chi connectivity index (χ2n) is 26.6. The molecule has 0 spiro atoms. The predicted octanol–water partition coefficient (Wildman–Crippen LogP) is 4.25. The van der Waals surface area contributed by atoms with E-state index in [2.05, 4.69) is 75.4 Å². The minimum Gasteiger partial charge on any atom is -0.379 e. The van der Waals surface area contributed by atoms with Crippen molar-refractivity contribution in [2.24, 2.45) is 41.4 Å². The van der Waals surface area contributed by atoms with Gasteiger partial charge in [-0.1, -0.05) is 32.9 Å². The molecule has 0 aromatic heterocycles. The molecular formula is C64H112N12O7. The largest absolute Gasteiger partial charge is 0.379 e. The van der Waals surface area contributed by atoms with Crippen LogP contribution in [0.4, 0.5) is 0 Å². The Labute approximate surface area is 500 Å². The van der Waals surface area contributed by atoms with E-state index in [1.807, 2.05) is 64.0 Å². The molecule has 0 bridgehead atoms. The molecule has 8 aliphatic rings. The maximum Gasteiger partial charge on any atom is 0.244 e. The fraction of sp³-hybridized carbons (Fsp3) is 0.875. The van der Waals surface area contributed by atoms with Gasteiger partial charge in [-0.05, 0) is 175 Å². The lowest BCUT2D eigenvalue weighted by atomic mass is 9.69. The fourth-order valence-corrected chi connectivity index (χ4v) is 15.2. The Kier molecular flexibility index (Phi) is 28.0. The number of nitrogens with one attached hydrogen (secondary N) is 8. The lowest BCUT2D eigenvalue weighted by Crippen LogP contribution is -2.66. The fourth-order valence-electron chi connectivity index (χ4n) is 15.2. The first kappa shape index (κ1) is 67.4. The van der Waals surface area contributed by atoms with Gasteiger partial charge in [0.05, 0.1) is 79.8 Å². The van der Waals surface area contributed by atoms with Gasteiger partial charge in [-0.25, -0.2) is 0 Å². The summed E-state index contributed by atoms with van der Waals surface area (Å²) in [7, 11) is 9.72. The molecule has 19 heteroatoms. The number of amides is 2. The van der Waals surface area contributed by atoms with Crippen LogP contribution in [0.15, 0.2) is 24.3 Å². The average molecular weight is 1160 g/mol. The van der Waals surface area contributed by atoms with Crippen molar-refractivity contribution in [2.45, 2.75) is 215 Å². The summed E-state index contributed by atoms with van der Waals surface area (Å²) in [6, 6.07) is 7.16. The van der Waals surface area contributed by atoms with Gasteiger partial charge in [-0.2, -0.15) is 10.5 Å². The van der Waals surface area contributed by atoms with Crippen LogP contribution in [0.3, 0.4) is 0 Å². The number of ether oxygens (including phenoxy) is 5. The second kappa shape index (κ2) is 34.4. The quantitative estimate of drug-likeness (QED) is 0.0669. The molecule has 19 nitrogen and oxygen atoms in total. The van der Waals surface area contributed by atoms with E-state index in [0.29, 0.717) is 74.8 Å². The third-order valence-corrected chi connectivity index (χ3v) is 20.0. The number of methoxy groups -OCH3 is 1. The molecule has 8 rings (SSSR count). The third-order valence-electron chi connectivity index (χ3n) is 20.0. The summed E-state index contributed by atoms with van der Waals surface area (Å²) >= 11 is 0. The van der Waals surface area contributed by atoms with E-state index >= 15 is 0 Å². The van der Waals surface area contributed by atoms with Crippen molar-refractivity contribution in [2.75, 3.05) is 101 Å². The Balaban J connectivity index is 0.000000239. The Hall–Kier alpha value is -3.12. The summed E-state index contributed by atoms with van der Waals surface area (Å²) in [6.07, 6.45) is 21.6. The average Bonchev–Trinajstić information content (AvgIpc) is 3.67. The van der Waals surface area contributed by atoms with Crippen molar-refractivity contribution < 1.29 is 33.3 Å². The number of likely N-dealkylation sites (N-methyl/N-ethyl adjacent to an activating group) is 2. The number of hydrogen-bond acceptors (Lipinski definition) is 17. The first-order chi connectivity index (χ1) is 40.1. The Morgan fingerprint density at radius 3 is 1.55 bits per heavy atom. The van der Waals surface area contributed by atoms with Crippen LogP contribution in [-0.2, 0) is 33.3 Å². The molecule has 2 amide bonds. The zero-order chi connectivity index (χ0) is 59.4. The monoisotopic (exact) mass is 1160 g/mol. The van der Waals surface area contributed by atoms with Gasteiger partial charge in [0, 0.05) is 107 Å². The van der Waals surface area contributed by atoms with E-state index in [1.165, 1.54) is 25.7 Å². The molecule has 0 aromatic rings. The van der Waals surface area contributed by atoms with Crippen LogP contribution in [0.25, 0.3) is 0 Å². The highest BCUT2D eigenvalue weighted by molar-refractivity contribution is 5.88. The molecule has 8 fully saturated rings. The first-order valence-electron chi connectivity index (χ1n) is 32.6. The summed E-state index contributed by atoms with van der Waals surface area (Å²) in [4.78, 5) is 29.7. The van der Waals surface area contributed by atoms with Gasteiger partial charge >= 0.3 is 0 Å². The molecule has 4 heterocycles. The molecule has 22 unspecified atom stereocenters. The zero-order valence-electron chi connectivity index (χ0n) is 52.6. The Morgan fingerprint density at radius 1 is 0.566 bits per heavy atom. The van der Waals surface area contributed by atoms with E-state index in [4.69, 9.17) is 23.7 Å². The number of carbonyl (C=O) groups excluding carboxylic acids is 2. The molecule has 0 aromatic carbocycles. The van der Waals surface area contributed by atoms with Crippen LogP contribution in [0.2, 0.25) is 0 Å². The smallest absolute Gasteiger partial charge is 0.244 e. The second-order valence-corrected chi connectivity index (χ2v) is 26.6. The van der Waals surface area contributed by atoms with Gasteiger partial charge in [0.15, 0.2) is 0 Å². The molecule has 4 aliphatic carbocycles. The van der Waals surface area contributed by atoms with Crippen molar-refractivity contribution in [1.82, 2.24) is 52.3 Å². The van der Waals surface area contributed by atoms with Crippen molar-refractivity contribution in [3.8, 4) is 12.1 Å². The first-order valence-corrected chi connectivity index (χ1v) is 32.6. The molecule has 4 saturated heterocycles. The number of carbonyl (C=O) groups is 2. The van der Waals surface area contributed by atoms with Crippen LogP contribution in [-0.4, -0.2) is 214 Å². The number of fused-ring (bicyclic) bond motifs is 2. The normalized spacial score (nSPS) is 39.4. The van der Waals surface area contributed by atoms with Crippen molar-refractivity contribution >= 4 is 11.8 Å². The number of hydrogen-bond donors (Lipinski definition) is 8. The standard InChI is InChI=1S/C32H56N6O4.C32H56N6O3/c1-6-41-29-17-25-24(16-26(29)37-31(39)10-8-14-38(3)4)32(22(18-33)19-35-25)36-23-11-12-28(30(15-23)40-5)42-20-27-21(2)9-7-13-34-27;1-6-40-30-17-27-25(16-28(30)36-31(39)10-8-14-38(4)5)32(23(18-33)19-35-27)37-26-12-11-24(15-22(26)3)41-20-29-21(2)9-7-13-34-29/h8,10,21-30,32,34-36H,6-7,9,11-17,19-20H2,1-5H3,(H,37,39);8,10,21-30,32,34-35,37H,6-7,9,11-17,19-20H2,1-5H3,(H,36,39)/b2*10-8+. The SMILES string of the molecule is CCOC1CC2NCC(C#N)C(NC3CCC(OCC4NCCCC4C)C(OC)C3)C2CC1NC(=O)/C=C/CN(C)C.CCOC1CC2NCC(C#N)C(NC3CCC(OCC4NCCCC4C)CC3C)C2CC1NC(=O)/C=C/CN(C)C. The highest BCUT2D eigenvalue weighted by atomic mass is 16.5. The molecule has 0 radical (unpaired) electrons. The molecule has 83 heavy (non-hydrogen) atoms. The van der Waals surface area contributed by atoms with E-state index < -0.39 is 0 Å². The van der Waals surface area contributed by atoms with Crippen LogP contribution in [0.5, 0.6) is 0 Å². The van der Waals surface area contributed by atoms with Gasteiger partial charge in [0.25, 0.3) is 0 Å². The van der Waals surface area contributed by atoms with E-state index in [-0.39, 0.29) is 102 Å². The minimum atomic E-state index is -0.139. The summed E-state index contributed by atoms with van der Waals surface area (Å²) in [5.74, 6) is 1.85. The van der Waals surface area contributed by atoms with Crippen LogP contribution in [0.1, 0.15) is 125 Å². The van der Waals surface area contributed by atoms with Gasteiger partial charge in [0.2, 0.25) is 11.8 Å². The molecular weight excluding hydrogens is 1050 g/mol. The van der Waals surface area contributed by atoms with Crippen molar-refractivity contribution in [1.29, 1.82) is 10.5 Å². The topological polar surface area (TPSA) is 231 Å². The molecule has 4 saturated carbocycles. The third kappa shape index (κ3) is 19.9. The minimum absolute atomic E-state index is 0.0304. The van der Waals surface area contributed by atoms with Crippen molar-refractivity contribution in [3.05, 3.63) is 24.3 Å². The van der Waals surface area contributed by atoms with Crippen LogP contribution in [0, 0.1) is 64.1 Å². The number of piperidine rings is 4. The van der Waals surface area contributed by atoms with Gasteiger partial charge in [-0.3, -0.25) is 9.59 Å². The van der Waals surface area contributed by atoms with E-state index in [1.54, 1.807) is 19.3 Å². The molecule has 8 N–H and O–H groups in total. The number of rotatable bonds is 23. The summed E-state index contributed by atoms with van der Waals surface area (Å²) in [6.45, 7) is 18.7.